The van der Waals surface area contributed by atoms with Gasteiger partial charge < -0.3 is 9.47 Å². The molecule has 0 aliphatic carbocycles. The molecule has 0 atom stereocenters. The SMILES string of the molecule is O=C(COc1ccc(Cl)cc1)N/N=C\c1ccc(OC(=O)c2cccc3ccccc23)cc1. The number of esters is 1. The van der Waals surface area contributed by atoms with Crippen molar-refractivity contribution in [2.75, 3.05) is 6.61 Å². The van der Waals surface area contributed by atoms with E-state index in [9.17, 15) is 9.59 Å². The molecule has 0 bridgehead atoms. The second-order valence-corrected chi connectivity index (χ2v) is 7.46. The highest BCUT2D eigenvalue weighted by atomic mass is 35.5. The Morgan fingerprint density at radius 1 is 0.848 bits per heavy atom. The highest BCUT2D eigenvalue weighted by Crippen LogP contribution is 2.21. The first-order valence-corrected chi connectivity index (χ1v) is 10.5. The van der Waals surface area contributed by atoms with Gasteiger partial charge in [-0.25, -0.2) is 10.2 Å². The summed E-state index contributed by atoms with van der Waals surface area (Å²) in [5.41, 5.74) is 3.62. The van der Waals surface area contributed by atoms with Gasteiger partial charge in [-0.05, 0) is 70.9 Å². The van der Waals surface area contributed by atoms with Gasteiger partial charge in [0.2, 0.25) is 0 Å². The number of ether oxygens (including phenoxy) is 2. The van der Waals surface area contributed by atoms with E-state index in [1.807, 2.05) is 36.4 Å². The van der Waals surface area contributed by atoms with Gasteiger partial charge in [-0.15, -0.1) is 0 Å². The predicted octanol–water partition coefficient (Wildman–Crippen LogP) is 5.24. The van der Waals surface area contributed by atoms with E-state index in [0.717, 1.165) is 16.3 Å². The first-order valence-electron chi connectivity index (χ1n) is 10.1. The zero-order valence-corrected chi connectivity index (χ0v) is 18.2. The van der Waals surface area contributed by atoms with Gasteiger partial charge >= 0.3 is 5.97 Å². The van der Waals surface area contributed by atoms with E-state index in [4.69, 9.17) is 21.1 Å². The van der Waals surface area contributed by atoms with Crippen molar-refractivity contribution >= 4 is 40.5 Å². The first-order chi connectivity index (χ1) is 16.1. The summed E-state index contributed by atoms with van der Waals surface area (Å²) < 4.78 is 10.9. The van der Waals surface area contributed by atoms with Gasteiger partial charge in [0.15, 0.2) is 6.61 Å². The molecule has 0 aromatic heterocycles. The fourth-order valence-electron chi connectivity index (χ4n) is 3.08. The average molecular weight is 459 g/mol. The molecule has 0 fully saturated rings. The Bertz CT molecular complexity index is 1300. The van der Waals surface area contributed by atoms with Crippen LogP contribution in [0.1, 0.15) is 15.9 Å². The normalized spacial score (nSPS) is 10.8. The molecule has 0 saturated heterocycles. The number of hydrogen-bond donors (Lipinski definition) is 1. The largest absolute Gasteiger partial charge is 0.484 e. The summed E-state index contributed by atoms with van der Waals surface area (Å²) in [6, 6.07) is 26.6. The Labute approximate surface area is 195 Å². The van der Waals surface area contributed by atoms with Gasteiger partial charge in [0.25, 0.3) is 5.91 Å². The summed E-state index contributed by atoms with van der Waals surface area (Å²) in [5.74, 6) is 0.112. The summed E-state index contributed by atoms with van der Waals surface area (Å²) in [4.78, 5) is 24.5. The van der Waals surface area contributed by atoms with Crippen molar-refractivity contribution < 1.29 is 19.1 Å². The molecule has 0 unspecified atom stereocenters. The fourth-order valence-corrected chi connectivity index (χ4v) is 3.20. The lowest BCUT2D eigenvalue weighted by Crippen LogP contribution is -2.24. The number of carbonyl (C=O) groups is 2. The maximum Gasteiger partial charge on any atom is 0.344 e. The van der Waals surface area contributed by atoms with Crippen LogP contribution < -0.4 is 14.9 Å². The molecule has 0 radical (unpaired) electrons. The van der Waals surface area contributed by atoms with E-state index in [1.54, 1.807) is 54.6 Å². The smallest absolute Gasteiger partial charge is 0.344 e. The molecule has 4 rings (SSSR count). The lowest BCUT2D eigenvalue weighted by atomic mass is 10.0. The highest BCUT2D eigenvalue weighted by molar-refractivity contribution is 6.30. The van der Waals surface area contributed by atoms with Crippen molar-refractivity contribution in [2.24, 2.45) is 5.10 Å². The van der Waals surface area contributed by atoms with Gasteiger partial charge in [0.05, 0.1) is 11.8 Å². The zero-order chi connectivity index (χ0) is 23.0. The van der Waals surface area contributed by atoms with Crippen LogP contribution in [0, 0.1) is 0 Å². The van der Waals surface area contributed by atoms with Gasteiger partial charge in [-0.3, -0.25) is 4.79 Å². The molecule has 7 heteroatoms. The maximum absolute atomic E-state index is 12.6. The molecule has 4 aromatic carbocycles. The van der Waals surface area contributed by atoms with Crippen LogP contribution >= 0.6 is 11.6 Å². The lowest BCUT2D eigenvalue weighted by molar-refractivity contribution is -0.123. The zero-order valence-electron chi connectivity index (χ0n) is 17.4. The monoisotopic (exact) mass is 458 g/mol. The third-order valence-corrected chi connectivity index (χ3v) is 4.94. The standard InChI is InChI=1S/C26H19ClN2O4/c27-20-10-14-21(15-11-20)32-17-25(30)29-28-16-18-8-12-22(13-9-18)33-26(31)24-7-3-5-19-4-1-2-6-23(19)24/h1-16H,17H2,(H,29,30)/b28-16-. The van der Waals surface area contributed by atoms with Crippen LogP contribution in [0.15, 0.2) is 96.1 Å². The Morgan fingerprint density at radius 3 is 2.33 bits per heavy atom. The van der Waals surface area contributed by atoms with E-state index in [0.29, 0.717) is 22.1 Å². The van der Waals surface area contributed by atoms with Crippen LogP contribution in [0.3, 0.4) is 0 Å². The number of fused-ring (bicyclic) bond motifs is 1. The number of nitrogens with one attached hydrogen (secondary N) is 1. The molecule has 0 heterocycles. The van der Waals surface area contributed by atoms with Crippen molar-refractivity contribution in [3.05, 3.63) is 107 Å². The summed E-state index contributed by atoms with van der Waals surface area (Å²) >= 11 is 5.81. The molecule has 0 aliphatic rings. The quantitative estimate of drug-likeness (QED) is 0.178. The molecule has 4 aromatic rings. The third kappa shape index (κ3) is 5.96. The molecular weight excluding hydrogens is 440 g/mol. The van der Waals surface area contributed by atoms with Crippen molar-refractivity contribution in [3.8, 4) is 11.5 Å². The molecule has 164 valence electrons. The Balaban J connectivity index is 1.29. The van der Waals surface area contributed by atoms with E-state index in [2.05, 4.69) is 10.5 Å². The number of nitrogens with zero attached hydrogens (tertiary/aromatic N) is 1. The average Bonchev–Trinajstić information content (AvgIpc) is 2.84. The molecule has 6 nitrogen and oxygen atoms in total. The number of hydrogen-bond acceptors (Lipinski definition) is 5. The summed E-state index contributed by atoms with van der Waals surface area (Å²) in [5, 5.41) is 6.30. The minimum absolute atomic E-state index is 0.179. The van der Waals surface area contributed by atoms with Crippen molar-refractivity contribution in [3.63, 3.8) is 0 Å². The highest BCUT2D eigenvalue weighted by Gasteiger charge is 2.12. The number of amides is 1. The van der Waals surface area contributed by atoms with Gasteiger partial charge in [0, 0.05) is 5.02 Å². The minimum Gasteiger partial charge on any atom is -0.484 e. The van der Waals surface area contributed by atoms with Gasteiger partial charge in [0.1, 0.15) is 11.5 Å². The Hall–Kier alpha value is -4.16. The number of benzene rings is 4. The fraction of sp³-hybridized carbons (Fsp3) is 0.0385. The topological polar surface area (TPSA) is 77.0 Å². The maximum atomic E-state index is 12.6. The minimum atomic E-state index is -0.429. The van der Waals surface area contributed by atoms with Crippen molar-refractivity contribution in [2.45, 2.75) is 0 Å². The molecule has 0 aliphatic heterocycles. The van der Waals surface area contributed by atoms with Crippen LogP contribution in [0.2, 0.25) is 5.02 Å². The molecule has 0 spiro atoms. The lowest BCUT2D eigenvalue weighted by Gasteiger charge is -2.07. The molecule has 1 amide bonds. The number of rotatable bonds is 7. The summed E-state index contributed by atoms with van der Waals surface area (Å²) in [6.07, 6.45) is 1.48. The number of carbonyl (C=O) groups excluding carboxylic acids is 2. The van der Waals surface area contributed by atoms with Crippen LogP contribution in [0.4, 0.5) is 0 Å². The number of halogens is 1. The first kappa shape index (κ1) is 22.0. The van der Waals surface area contributed by atoms with E-state index in [-0.39, 0.29) is 6.61 Å². The summed E-state index contributed by atoms with van der Waals surface area (Å²) in [6.45, 7) is -0.179. The second-order valence-electron chi connectivity index (χ2n) is 7.02. The van der Waals surface area contributed by atoms with Gasteiger partial charge in [-0.2, -0.15) is 5.10 Å². The van der Waals surface area contributed by atoms with Crippen LogP contribution in [0.5, 0.6) is 11.5 Å². The molecule has 1 N–H and O–H groups in total. The van der Waals surface area contributed by atoms with Crippen molar-refractivity contribution in [1.82, 2.24) is 5.43 Å². The van der Waals surface area contributed by atoms with E-state index >= 15 is 0 Å². The second kappa shape index (κ2) is 10.4. The van der Waals surface area contributed by atoms with Crippen LogP contribution in [-0.2, 0) is 4.79 Å². The third-order valence-electron chi connectivity index (χ3n) is 4.69. The van der Waals surface area contributed by atoms with Crippen molar-refractivity contribution in [1.29, 1.82) is 0 Å². The Morgan fingerprint density at radius 2 is 1.55 bits per heavy atom. The summed E-state index contributed by atoms with van der Waals surface area (Å²) in [7, 11) is 0. The molecular formula is C26H19ClN2O4. The number of hydrazone groups is 1. The van der Waals surface area contributed by atoms with Crippen LogP contribution in [-0.4, -0.2) is 24.7 Å². The van der Waals surface area contributed by atoms with Crippen LogP contribution in [0.25, 0.3) is 10.8 Å². The molecule has 33 heavy (non-hydrogen) atoms. The predicted molar refractivity (Wildman–Crippen MR) is 128 cm³/mol. The Kier molecular flexibility index (Phi) is 6.97. The van der Waals surface area contributed by atoms with E-state index in [1.165, 1.54) is 6.21 Å². The van der Waals surface area contributed by atoms with Gasteiger partial charge in [-0.1, -0.05) is 48.0 Å². The van der Waals surface area contributed by atoms with E-state index < -0.39 is 11.9 Å². The molecule has 0 saturated carbocycles.